The third kappa shape index (κ3) is 5.46. The molecule has 6 nitrogen and oxygen atoms in total. The van der Waals surface area contributed by atoms with E-state index in [0.717, 1.165) is 24.8 Å². The number of aryl methyl sites for hydroxylation is 1. The lowest BCUT2D eigenvalue weighted by molar-refractivity contribution is 0.0693. The van der Waals surface area contributed by atoms with Gasteiger partial charge in [0.25, 0.3) is 5.91 Å². The number of nitrogens with zero attached hydrogens (tertiary/aromatic N) is 1. The van der Waals surface area contributed by atoms with Crippen LogP contribution in [0.3, 0.4) is 0 Å². The van der Waals surface area contributed by atoms with Crippen LogP contribution in [-0.2, 0) is 16.4 Å². The van der Waals surface area contributed by atoms with Gasteiger partial charge in [0, 0.05) is 19.1 Å². The quantitative estimate of drug-likeness (QED) is 0.695. The summed E-state index contributed by atoms with van der Waals surface area (Å²) in [6, 6.07) is 11.9. The van der Waals surface area contributed by atoms with Crippen LogP contribution >= 0.6 is 0 Å². The van der Waals surface area contributed by atoms with Crippen molar-refractivity contribution < 1.29 is 17.9 Å². The maximum absolute atomic E-state index is 13.1. The second-order valence-electron chi connectivity index (χ2n) is 8.27. The zero-order valence-electron chi connectivity index (χ0n) is 18.7. The number of ether oxygens (including phenoxy) is 1. The number of nitrogens with one attached hydrogen (secondary N) is 1. The largest absolute Gasteiger partial charge is 0.496 e. The average Bonchev–Trinajstić information content (AvgIpc) is 2.78. The minimum atomic E-state index is -3.82. The summed E-state index contributed by atoms with van der Waals surface area (Å²) < 4.78 is 34.2. The van der Waals surface area contributed by atoms with Gasteiger partial charge >= 0.3 is 0 Å². The molecule has 1 N–H and O–H groups in total. The highest BCUT2D eigenvalue weighted by Crippen LogP contribution is 2.27. The van der Waals surface area contributed by atoms with E-state index in [1.807, 2.05) is 31.2 Å². The molecule has 3 rings (SSSR count). The zero-order chi connectivity index (χ0) is 22.6. The number of amides is 1. The number of sulfonamides is 1. The number of methoxy groups -OCH3 is 1. The van der Waals surface area contributed by atoms with Crippen molar-refractivity contribution in [2.75, 3.05) is 20.2 Å². The van der Waals surface area contributed by atoms with Crippen molar-refractivity contribution in [3.63, 3.8) is 0 Å². The third-order valence-corrected chi connectivity index (χ3v) is 7.54. The second-order valence-corrected chi connectivity index (χ2v) is 9.99. The minimum absolute atomic E-state index is 0.0547. The van der Waals surface area contributed by atoms with Gasteiger partial charge in [0.15, 0.2) is 0 Å². The Bertz CT molecular complexity index is 1010. The van der Waals surface area contributed by atoms with Crippen LogP contribution in [-0.4, -0.2) is 39.4 Å². The summed E-state index contributed by atoms with van der Waals surface area (Å²) in [4.78, 5) is 14.9. The van der Waals surface area contributed by atoms with Crippen molar-refractivity contribution in [1.29, 1.82) is 0 Å². The first-order valence-corrected chi connectivity index (χ1v) is 12.3. The van der Waals surface area contributed by atoms with Gasteiger partial charge in [-0.2, -0.15) is 0 Å². The number of likely N-dealkylation sites (tertiary alicyclic amines) is 1. The summed E-state index contributed by atoms with van der Waals surface area (Å²) in [5.41, 5.74) is 2.36. The van der Waals surface area contributed by atoms with Gasteiger partial charge in [0.2, 0.25) is 10.0 Å². The molecule has 2 aromatic carbocycles. The van der Waals surface area contributed by atoms with Crippen LogP contribution in [0, 0.1) is 5.92 Å². The number of hydrogen-bond acceptors (Lipinski definition) is 4. The van der Waals surface area contributed by atoms with Crippen molar-refractivity contribution >= 4 is 15.9 Å². The van der Waals surface area contributed by atoms with Crippen LogP contribution in [0.5, 0.6) is 5.75 Å². The Morgan fingerprint density at radius 1 is 1.16 bits per heavy atom. The van der Waals surface area contributed by atoms with E-state index in [0.29, 0.717) is 24.8 Å². The fourth-order valence-corrected chi connectivity index (χ4v) is 5.07. The van der Waals surface area contributed by atoms with Crippen LogP contribution in [0.15, 0.2) is 47.4 Å². The Balaban J connectivity index is 1.83. The standard InChI is InChI=1S/C24H32N2O4S/c1-5-19-6-8-20(9-7-19)18(3)25-31(28,29)21-10-11-23(30-4)22(16-21)24(27)26-14-12-17(2)13-15-26/h6-11,16-18,25H,5,12-15H2,1-4H3. The highest BCUT2D eigenvalue weighted by molar-refractivity contribution is 7.89. The zero-order valence-corrected chi connectivity index (χ0v) is 19.5. The molecule has 0 radical (unpaired) electrons. The van der Waals surface area contributed by atoms with Crippen LogP contribution < -0.4 is 9.46 Å². The number of hydrogen-bond donors (Lipinski definition) is 1. The van der Waals surface area contributed by atoms with Gasteiger partial charge in [0.1, 0.15) is 5.75 Å². The Labute approximate surface area is 185 Å². The van der Waals surface area contributed by atoms with Crippen molar-refractivity contribution in [2.24, 2.45) is 5.92 Å². The highest BCUT2D eigenvalue weighted by Gasteiger charge is 2.26. The van der Waals surface area contributed by atoms with E-state index in [1.165, 1.54) is 24.8 Å². The molecule has 1 atom stereocenters. The van der Waals surface area contributed by atoms with Gasteiger partial charge in [-0.3, -0.25) is 4.79 Å². The number of carbonyl (C=O) groups is 1. The van der Waals surface area contributed by atoms with E-state index >= 15 is 0 Å². The van der Waals surface area contributed by atoms with E-state index in [4.69, 9.17) is 4.74 Å². The number of rotatable bonds is 7. The van der Waals surface area contributed by atoms with Gasteiger partial charge in [-0.1, -0.05) is 38.1 Å². The lowest BCUT2D eigenvalue weighted by atomic mass is 9.98. The molecule has 0 spiro atoms. The lowest BCUT2D eigenvalue weighted by Crippen LogP contribution is -2.38. The van der Waals surface area contributed by atoms with E-state index in [-0.39, 0.29) is 16.4 Å². The van der Waals surface area contributed by atoms with Gasteiger partial charge in [-0.25, -0.2) is 13.1 Å². The Morgan fingerprint density at radius 2 is 1.81 bits per heavy atom. The van der Waals surface area contributed by atoms with Gasteiger partial charge in [-0.15, -0.1) is 0 Å². The maximum Gasteiger partial charge on any atom is 0.257 e. The van der Waals surface area contributed by atoms with Gasteiger partial charge in [0.05, 0.1) is 17.6 Å². The van der Waals surface area contributed by atoms with E-state index < -0.39 is 16.1 Å². The summed E-state index contributed by atoms with van der Waals surface area (Å²) in [7, 11) is -2.34. The average molecular weight is 445 g/mol. The monoisotopic (exact) mass is 444 g/mol. The lowest BCUT2D eigenvalue weighted by Gasteiger charge is -2.30. The molecular formula is C24H32N2O4S. The molecular weight excluding hydrogens is 412 g/mol. The second kappa shape index (κ2) is 9.83. The first kappa shape index (κ1) is 23.3. The third-order valence-electron chi connectivity index (χ3n) is 6.00. The van der Waals surface area contributed by atoms with Crippen LogP contribution in [0.1, 0.15) is 61.1 Å². The van der Waals surface area contributed by atoms with Crippen LogP contribution in [0.2, 0.25) is 0 Å². The molecule has 31 heavy (non-hydrogen) atoms. The molecule has 0 bridgehead atoms. The van der Waals surface area contributed by atoms with Gasteiger partial charge in [-0.05, 0) is 61.4 Å². The Kier molecular flexibility index (Phi) is 7.38. The number of benzene rings is 2. The molecule has 7 heteroatoms. The number of carbonyl (C=O) groups excluding carboxylic acids is 1. The molecule has 1 heterocycles. The molecule has 0 aromatic heterocycles. The first-order chi connectivity index (χ1) is 14.7. The molecule has 1 fully saturated rings. The molecule has 0 saturated carbocycles. The van der Waals surface area contributed by atoms with Crippen LogP contribution in [0.4, 0.5) is 0 Å². The summed E-state index contributed by atoms with van der Waals surface area (Å²) in [5.74, 6) is 0.782. The summed E-state index contributed by atoms with van der Waals surface area (Å²) in [5, 5.41) is 0. The minimum Gasteiger partial charge on any atom is -0.496 e. The van der Waals surface area contributed by atoms with E-state index in [1.54, 1.807) is 11.0 Å². The van der Waals surface area contributed by atoms with Gasteiger partial charge < -0.3 is 9.64 Å². The molecule has 1 aliphatic rings. The molecule has 168 valence electrons. The Morgan fingerprint density at radius 3 is 2.39 bits per heavy atom. The molecule has 1 aliphatic heterocycles. The normalized spacial score (nSPS) is 16.2. The molecule has 1 unspecified atom stereocenters. The molecule has 2 aromatic rings. The van der Waals surface area contributed by atoms with E-state index in [2.05, 4.69) is 18.6 Å². The number of piperidine rings is 1. The smallest absolute Gasteiger partial charge is 0.257 e. The van der Waals surface area contributed by atoms with Crippen molar-refractivity contribution in [2.45, 2.75) is 51.0 Å². The fraction of sp³-hybridized carbons (Fsp3) is 0.458. The first-order valence-electron chi connectivity index (χ1n) is 10.8. The summed E-state index contributed by atoms with van der Waals surface area (Å²) in [6.45, 7) is 7.40. The van der Waals surface area contributed by atoms with Crippen molar-refractivity contribution in [1.82, 2.24) is 9.62 Å². The molecule has 1 amide bonds. The summed E-state index contributed by atoms with van der Waals surface area (Å²) >= 11 is 0. The van der Waals surface area contributed by atoms with Crippen molar-refractivity contribution in [3.05, 3.63) is 59.2 Å². The fourth-order valence-electron chi connectivity index (χ4n) is 3.81. The maximum atomic E-state index is 13.1. The van der Waals surface area contributed by atoms with Crippen LogP contribution in [0.25, 0.3) is 0 Å². The van der Waals surface area contributed by atoms with E-state index in [9.17, 15) is 13.2 Å². The highest BCUT2D eigenvalue weighted by atomic mass is 32.2. The molecule has 0 aliphatic carbocycles. The molecule has 1 saturated heterocycles. The Hall–Kier alpha value is -2.38. The SMILES string of the molecule is CCc1ccc(C(C)NS(=O)(=O)c2ccc(OC)c(C(=O)N3CCC(C)CC3)c2)cc1. The predicted octanol–water partition coefficient (Wildman–Crippen LogP) is 4.17. The van der Waals surface area contributed by atoms with Crippen molar-refractivity contribution in [3.8, 4) is 5.75 Å². The topological polar surface area (TPSA) is 75.7 Å². The predicted molar refractivity (Wildman–Crippen MR) is 122 cm³/mol. The summed E-state index contributed by atoms with van der Waals surface area (Å²) in [6.07, 6.45) is 2.82.